The monoisotopic (exact) mass is 380 g/mol. The first-order chi connectivity index (χ1) is 11.3. The molecule has 5 nitrogen and oxygen atoms in total. The molecule has 2 heterocycles. The van der Waals surface area contributed by atoms with Crippen LogP contribution in [0, 0.1) is 6.92 Å². The number of aromatic nitrogens is 1. The van der Waals surface area contributed by atoms with Gasteiger partial charge in [-0.05, 0) is 43.2 Å². The summed E-state index contributed by atoms with van der Waals surface area (Å²) in [6.07, 6.45) is 2.07. The SMILES string of the molecule is CCc1sc(C(=O)Nc2nc3ccc(S(C)(=O)=O)cc3s2)cc1C. The molecule has 3 aromatic rings. The molecule has 0 aliphatic rings. The number of hydrogen-bond acceptors (Lipinski definition) is 6. The summed E-state index contributed by atoms with van der Waals surface area (Å²) in [4.78, 5) is 18.8. The van der Waals surface area contributed by atoms with Crippen LogP contribution in [-0.4, -0.2) is 25.6 Å². The Morgan fingerprint density at radius 1 is 1.25 bits per heavy atom. The van der Waals surface area contributed by atoms with Gasteiger partial charge >= 0.3 is 0 Å². The maximum Gasteiger partial charge on any atom is 0.267 e. The molecule has 0 saturated heterocycles. The van der Waals surface area contributed by atoms with Crippen LogP contribution in [0.25, 0.3) is 10.2 Å². The topological polar surface area (TPSA) is 76.1 Å². The number of rotatable bonds is 4. The molecular weight excluding hydrogens is 364 g/mol. The highest BCUT2D eigenvalue weighted by molar-refractivity contribution is 7.90. The lowest BCUT2D eigenvalue weighted by molar-refractivity contribution is 0.103. The van der Waals surface area contributed by atoms with Gasteiger partial charge in [-0.3, -0.25) is 10.1 Å². The van der Waals surface area contributed by atoms with E-state index in [0.29, 0.717) is 15.5 Å². The van der Waals surface area contributed by atoms with Gasteiger partial charge in [-0.2, -0.15) is 0 Å². The average Bonchev–Trinajstić information content (AvgIpc) is 3.07. The zero-order valence-corrected chi connectivity index (χ0v) is 15.9. The predicted octanol–water partition coefficient (Wildman–Crippen LogP) is 3.88. The highest BCUT2D eigenvalue weighted by Gasteiger charge is 2.15. The number of sulfone groups is 1. The Labute approximate surface area is 148 Å². The summed E-state index contributed by atoms with van der Waals surface area (Å²) in [6.45, 7) is 4.06. The highest BCUT2D eigenvalue weighted by atomic mass is 32.2. The number of thiazole rings is 1. The van der Waals surface area contributed by atoms with Crippen LogP contribution in [0.5, 0.6) is 0 Å². The molecule has 0 atom stereocenters. The molecule has 0 aliphatic carbocycles. The molecule has 1 aromatic carbocycles. The predicted molar refractivity (Wildman–Crippen MR) is 99.1 cm³/mol. The van der Waals surface area contributed by atoms with E-state index < -0.39 is 9.84 Å². The van der Waals surface area contributed by atoms with Crippen molar-refractivity contribution < 1.29 is 13.2 Å². The number of hydrogen-bond donors (Lipinski definition) is 1. The van der Waals surface area contributed by atoms with Crippen molar-refractivity contribution in [3.05, 3.63) is 39.6 Å². The number of benzene rings is 1. The van der Waals surface area contributed by atoms with Gasteiger partial charge in [0.25, 0.3) is 5.91 Å². The van der Waals surface area contributed by atoms with E-state index in [1.165, 1.54) is 39.9 Å². The van der Waals surface area contributed by atoms with Crippen LogP contribution in [0.4, 0.5) is 5.13 Å². The van der Waals surface area contributed by atoms with E-state index in [9.17, 15) is 13.2 Å². The highest BCUT2D eigenvalue weighted by Crippen LogP contribution is 2.29. The Balaban J connectivity index is 1.88. The minimum absolute atomic E-state index is 0.190. The fourth-order valence-electron chi connectivity index (χ4n) is 2.33. The second kappa shape index (κ2) is 6.27. The number of amides is 1. The quantitative estimate of drug-likeness (QED) is 0.745. The molecule has 126 valence electrons. The van der Waals surface area contributed by atoms with Crippen molar-refractivity contribution in [2.45, 2.75) is 25.2 Å². The molecule has 0 fully saturated rings. The molecule has 0 unspecified atom stereocenters. The number of nitrogens with zero attached hydrogens (tertiary/aromatic N) is 1. The van der Waals surface area contributed by atoms with E-state index in [1.807, 2.05) is 13.0 Å². The van der Waals surface area contributed by atoms with E-state index in [0.717, 1.165) is 16.7 Å². The summed E-state index contributed by atoms with van der Waals surface area (Å²) in [7, 11) is -3.26. The summed E-state index contributed by atoms with van der Waals surface area (Å²) >= 11 is 2.75. The number of aryl methyl sites for hydroxylation is 2. The summed E-state index contributed by atoms with van der Waals surface area (Å²) in [5.41, 5.74) is 1.79. The van der Waals surface area contributed by atoms with Crippen molar-refractivity contribution in [1.29, 1.82) is 0 Å². The van der Waals surface area contributed by atoms with Crippen LogP contribution in [0.15, 0.2) is 29.2 Å². The standard InChI is InChI=1S/C16H16N2O3S3/c1-4-12-9(2)7-14(22-12)15(19)18-16-17-11-6-5-10(24(3,20)21)8-13(11)23-16/h5-8H,4H2,1-3H3,(H,17,18,19). The van der Waals surface area contributed by atoms with Crippen molar-refractivity contribution in [2.24, 2.45) is 0 Å². The lowest BCUT2D eigenvalue weighted by Gasteiger charge is -1.97. The first kappa shape index (κ1) is 17.1. The minimum atomic E-state index is -3.26. The number of nitrogens with one attached hydrogen (secondary N) is 1. The first-order valence-corrected chi connectivity index (χ1v) is 10.8. The molecule has 0 aliphatic heterocycles. The van der Waals surface area contributed by atoms with Crippen LogP contribution < -0.4 is 5.32 Å². The maximum absolute atomic E-state index is 12.4. The third-order valence-corrected chi connectivity index (χ3v) is 7.00. The zero-order chi connectivity index (χ0) is 17.5. The van der Waals surface area contributed by atoms with E-state index in [2.05, 4.69) is 17.2 Å². The molecule has 1 N–H and O–H groups in total. The smallest absolute Gasteiger partial charge is 0.267 e. The van der Waals surface area contributed by atoms with Gasteiger partial charge in [0.15, 0.2) is 15.0 Å². The molecule has 0 saturated carbocycles. The second-order valence-corrected chi connectivity index (χ2v) is 9.63. The minimum Gasteiger partial charge on any atom is -0.297 e. The van der Waals surface area contributed by atoms with E-state index in [4.69, 9.17) is 0 Å². The molecule has 1 amide bonds. The van der Waals surface area contributed by atoms with Gasteiger partial charge < -0.3 is 0 Å². The van der Waals surface area contributed by atoms with Gasteiger partial charge in [-0.25, -0.2) is 13.4 Å². The Morgan fingerprint density at radius 3 is 2.62 bits per heavy atom. The normalized spacial score (nSPS) is 11.8. The third-order valence-electron chi connectivity index (χ3n) is 3.57. The summed E-state index contributed by atoms with van der Waals surface area (Å²) in [6, 6.07) is 6.65. The second-order valence-electron chi connectivity index (χ2n) is 5.45. The Kier molecular flexibility index (Phi) is 4.46. The summed E-state index contributed by atoms with van der Waals surface area (Å²) in [5, 5.41) is 3.26. The van der Waals surface area contributed by atoms with Crippen molar-refractivity contribution in [3.63, 3.8) is 0 Å². The molecule has 3 rings (SSSR count). The van der Waals surface area contributed by atoms with Gasteiger partial charge in [0.05, 0.1) is 20.0 Å². The fraction of sp³-hybridized carbons (Fsp3) is 0.250. The molecule has 0 spiro atoms. The number of anilines is 1. The van der Waals surface area contributed by atoms with Crippen molar-refractivity contribution >= 4 is 53.8 Å². The lowest BCUT2D eigenvalue weighted by Crippen LogP contribution is -2.09. The summed E-state index contributed by atoms with van der Waals surface area (Å²) < 4.78 is 24.0. The van der Waals surface area contributed by atoms with Crippen LogP contribution in [-0.2, 0) is 16.3 Å². The van der Waals surface area contributed by atoms with E-state index >= 15 is 0 Å². The average molecular weight is 381 g/mol. The molecule has 0 bridgehead atoms. The number of carbonyl (C=O) groups is 1. The van der Waals surface area contributed by atoms with E-state index in [1.54, 1.807) is 12.1 Å². The Morgan fingerprint density at radius 2 is 2.00 bits per heavy atom. The Bertz CT molecular complexity index is 1030. The third kappa shape index (κ3) is 3.35. The number of fused-ring (bicyclic) bond motifs is 1. The first-order valence-electron chi connectivity index (χ1n) is 7.29. The molecule has 0 radical (unpaired) electrons. The van der Waals surface area contributed by atoms with Gasteiger partial charge in [0.2, 0.25) is 0 Å². The van der Waals surface area contributed by atoms with Crippen molar-refractivity contribution in [1.82, 2.24) is 4.98 Å². The van der Waals surface area contributed by atoms with Crippen LogP contribution in [0.2, 0.25) is 0 Å². The van der Waals surface area contributed by atoms with Gasteiger partial charge in [-0.15, -0.1) is 11.3 Å². The molecule has 8 heteroatoms. The molecule has 24 heavy (non-hydrogen) atoms. The largest absolute Gasteiger partial charge is 0.297 e. The number of carbonyl (C=O) groups excluding carboxylic acids is 1. The van der Waals surface area contributed by atoms with E-state index in [-0.39, 0.29) is 10.8 Å². The maximum atomic E-state index is 12.4. The summed E-state index contributed by atoms with van der Waals surface area (Å²) in [5.74, 6) is -0.190. The van der Waals surface area contributed by atoms with Crippen molar-refractivity contribution in [3.8, 4) is 0 Å². The molecule has 2 aromatic heterocycles. The van der Waals surface area contributed by atoms with Gasteiger partial charge in [-0.1, -0.05) is 18.3 Å². The van der Waals surface area contributed by atoms with Crippen LogP contribution >= 0.6 is 22.7 Å². The molecular formula is C16H16N2O3S3. The number of thiophene rings is 1. The fourth-order valence-corrected chi connectivity index (χ4v) is 4.96. The van der Waals surface area contributed by atoms with Crippen LogP contribution in [0.3, 0.4) is 0 Å². The Hall–Kier alpha value is -1.77. The van der Waals surface area contributed by atoms with Gasteiger partial charge in [0.1, 0.15) is 0 Å². The zero-order valence-electron chi connectivity index (χ0n) is 13.4. The van der Waals surface area contributed by atoms with Gasteiger partial charge in [0, 0.05) is 11.1 Å². The lowest BCUT2D eigenvalue weighted by atomic mass is 10.2. The van der Waals surface area contributed by atoms with Crippen molar-refractivity contribution in [2.75, 3.05) is 11.6 Å². The van der Waals surface area contributed by atoms with Crippen LogP contribution in [0.1, 0.15) is 27.0 Å².